The Morgan fingerprint density at radius 2 is 2.22 bits per heavy atom. The van der Waals surface area contributed by atoms with Crippen LogP contribution in [0.5, 0.6) is 0 Å². The summed E-state index contributed by atoms with van der Waals surface area (Å²) >= 11 is 0. The average Bonchev–Trinajstić information content (AvgIpc) is 3.20. The van der Waals surface area contributed by atoms with Crippen LogP contribution in [0, 0.1) is 6.92 Å². The summed E-state index contributed by atoms with van der Waals surface area (Å²) in [7, 11) is 0. The summed E-state index contributed by atoms with van der Waals surface area (Å²) in [5.41, 5.74) is 2.39. The van der Waals surface area contributed by atoms with E-state index in [4.69, 9.17) is 4.52 Å². The van der Waals surface area contributed by atoms with Crippen LogP contribution in [0.15, 0.2) is 41.3 Å². The number of hydrogen-bond acceptors (Lipinski definition) is 5. The van der Waals surface area contributed by atoms with Crippen molar-refractivity contribution in [3.63, 3.8) is 0 Å². The van der Waals surface area contributed by atoms with Crippen molar-refractivity contribution in [2.24, 2.45) is 0 Å². The van der Waals surface area contributed by atoms with E-state index < -0.39 is 0 Å². The number of imidazole rings is 1. The van der Waals surface area contributed by atoms with E-state index in [0.29, 0.717) is 31.1 Å². The fraction of sp³-hybridized carbons (Fsp3) is 0.250. The van der Waals surface area contributed by atoms with Gasteiger partial charge in [-0.05, 0) is 19.1 Å². The second-order valence-corrected chi connectivity index (χ2v) is 5.50. The van der Waals surface area contributed by atoms with Crippen LogP contribution in [-0.2, 0) is 13.1 Å². The molecule has 0 bridgehead atoms. The summed E-state index contributed by atoms with van der Waals surface area (Å²) in [4.78, 5) is 22.8. The van der Waals surface area contributed by atoms with Gasteiger partial charge in [-0.15, -0.1) is 0 Å². The van der Waals surface area contributed by atoms with Gasteiger partial charge in [0.25, 0.3) is 5.91 Å². The van der Waals surface area contributed by atoms with Crippen LogP contribution >= 0.6 is 0 Å². The summed E-state index contributed by atoms with van der Waals surface area (Å²) in [6, 6.07) is 5.57. The molecule has 4 rings (SSSR count). The SMILES string of the molecule is Cc1cc(C(=O)N2CCn3c(-c4cccnc4)cnc3C2)no1. The smallest absolute Gasteiger partial charge is 0.276 e. The first-order valence-corrected chi connectivity index (χ1v) is 7.40. The third-order valence-electron chi connectivity index (χ3n) is 3.96. The molecule has 3 aromatic heterocycles. The lowest BCUT2D eigenvalue weighted by Crippen LogP contribution is -2.38. The maximum atomic E-state index is 12.5. The molecule has 0 aliphatic carbocycles. The Hall–Kier alpha value is -2.96. The molecule has 0 N–H and O–H groups in total. The fourth-order valence-electron chi connectivity index (χ4n) is 2.81. The highest BCUT2D eigenvalue weighted by atomic mass is 16.5. The van der Waals surface area contributed by atoms with Gasteiger partial charge in [-0.1, -0.05) is 5.16 Å². The zero-order valence-corrected chi connectivity index (χ0v) is 12.6. The molecular formula is C16H15N5O2. The van der Waals surface area contributed by atoms with Crippen LogP contribution in [0.1, 0.15) is 22.1 Å². The second-order valence-electron chi connectivity index (χ2n) is 5.50. The Labute approximate surface area is 132 Å². The molecular weight excluding hydrogens is 294 g/mol. The highest BCUT2D eigenvalue weighted by Gasteiger charge is 2.26. The van der Waals surface area contributed by atoms with Gasteiger partial charge in [0, 0.05) is 37.1 Å². The van der Waals surface area contributed by atoms with Gasteiger partial charge in [0.1, 0.15) is 11.6 Å². The van der Waals surface area contributed by atoms with Gasteiger partial charge in [-0.25, -0.2) is 4.98 Å². The third kappa shape index (κ3) is 2.40. The monoisotopic (exact) mass is 309 g/mol. The summed E-state index contributed by atoms with van der Waals surface area (Å²) < 4.78 is 7.12. The summed E-state index contributed by atoms with van der Waals surface area (Å²) in [6.07, 6.45) is 5.40. The van der Waals surface area contributed by atoms with E-state index in [1.54, 1.807) is 24.1 Å². The van der Waals surface area contributed by atoms with Gasteiger partial charge in [0.05, 0.1) is 18.4 Å². The molecule has 1 amide bonds. The first kappa shape index (κ1) is 13.7. The molecule has 116 valence electrons. The molecule has 7 heteroatoms. The number of rotatable bonds is 2. The maximum Gasteiger partial charge on any atom is 0.276 e. The third-order valence-corrected chi connectivity index (χ3v) is 3.96. The number of carbonyl (C=O) groups is 1. The fourth-order valence-corrected chi connectivity index (χ4v) is 2.81. The minimum Gasteiger partial charge on any atom is -0.361 e. The Balaban J connectivity index is 1.59. The first-order valence-electron chi connectivity index (χ1n) is 7.40. The number of nitrogens with zero attached hydrogens (tertiary/aromatic N) is 5. The van der Waals surface area contributed by atoms with Gasteiger partial charge in [-0.3, -0.25) is 9.78 Å². The van der Waals surface area contributed by atoms with Gasteiger partial charge < -0.3 is 14.0 Å². The van der Waals surface area contributed by atoms with Gasteiger partial charge in [0.2, 0.25) is 0 Å². The lowest BCUT2D eigenvalue weighted by atomic mass is 10.2. The van der Waals surface area contributed by atoms with Crippen molar-refractivity contribution in [1.29, 1.82) is 0 Å². The Bertz CT molecular complexity index is 852. The lowest BCUT2D eigenvalue weighted by Gasteiger charge is -2.27. The quantitative estimate of drug-likeness (QED) is 0.722. The largest absolute Gasteiger partial charge is 0.361 e. The van der Waals surface area contributed by atoms with E-state index in [-0.39, 0.29) is 5.91 Å². The Morgan fingerprint density at radius 1 is 1.30 bits per heavy atom. The molecule has 0 aromatic carbocycles. The summed E-state index contributed by atoms with van der Waals surface area (Å²) in [5.74, 6) is 1.37. The van der Waals surface area contributed by atoms with Gasteiger partial charge >= 0.3 is 0 Å². The minimum absolute atomic E-state index is 0.126. The average molecular weight is 309 g/mol. The number of amides is 1. The van der Waals surface area contributed by atoms with Crippen LogP contribution in [-0.4, -0.2) is 37.0 Å². The molecule has 4 heterocycles. The van der Waals surface area contributed by atoms with Crippen LogP contribution in [0.2, 0.25) is 0 Å². The number of pyridine rings is 1. The summed E-state index contributed by atoms with van der Waals surface area (Å²) in [5, 5.41) is 3.80. The Morgan fingerprint density at radius 3 is 2.96 bits per heavy atom. The van der Waals surface area contributed by atoms with Crippen molar-refractivity contribution in [3.05, 3.63) is 54.1 Å². The van der Waals surface area contributed by atoms with E-state index in [2.05, 4.69) is 19.7 Å². The zero-order chi connectivity index (χ0) is 15.8. The molecule has 0 spiro atoms. The number of hydrogen-bond donors (Lipinski definition) is 0. The minimum atomic E-state index is -0.126. The Kier molecular flexibility index (Phi) is 3.18. The van der Waals surface area contributed by atoms with Gasteiger partial charge in [-0.2, -0.15) is 0 Å². The maximum absolute atomic E-state index is 12.5. The molecule has 7 nitrogen and oxygen atoms in total. The van der Waals surface area contributed by atoms with E-state index in [1.165, 1.54) is 0 Å². The standard InChI is InChI=1S/C16H15N5O2/c1-11-7-13(19-23-11)16(22)20-5-6-21-14(9-18-15(21)10-20)12-3-2-4-17-8-12/h2-4,7-9H,5-6,10H2,1H3. The molecule has 0 fully saturated rings. The highest BCUT2D eigenvalue weighted by molar-refractivity contribution is 5.92. The number of fused-ring (bicyclic) bond motifs is 1. The van der Waals surface area contributed by atoms with Crippen LogP contribution in [0.25, 0.3) is 11.3 Å². The van der Waals surface area contributed by atoms with Crippen molar-refractivity contribution in [1.82, 2.24) is 24.6 Å². The van der Waals surface area contributed by atoms with Crippen molar-refractivity contribution in [2.45, 2.75) is 20.0 Å². The van der Waals surface area contributed by atoms with E-state index in [9.17, 15) is 4.79 Å². The molecule has 0 saturated heterocycles. The molecule has 0 radical (unpaired) electrons. The number of aryl methyl sites for hydroxylation is 1. The van der Waals surface area contributed by atoms with Crippen LogP contribution in [0.4, 0.5) is 0 Å². The van der Waals surface area contributed by atoms with E-state index in [1.807, 2.05) is 24.5 Å². The van der Waals surface area contributed by atoms with Crippen LogP contribution < -0.4 is 0 Å². The van der Waals surface area contributed by atoms with Crippen LogP contribution in [0.3, 0.4) is 0 Å². The highest BCUT2D eigenvalue weighted by Crippen LogP contribution is 2.23. The topological polar surface area (TPSA) is 77.1 Å². The molecule has 1 aliphatic heterocycles. The van der Waals surface area contributed by atoms with Crippen molar-refractivity contribution in [3.8, 4) is 11.3 Å². The molecule has 1 aliphatic rings. The van der Waals surface area contributed by atoms with Gasteiger partial charge in [0.15, 0.2) is 5.69 Å². The van der Waals surface area contributed by atoms with E-state index in [0.717, 1.165) is 17.1 Å². The predicted molar refractivity (Wildman–Crippen MR) is 81.4 cm³/mol. The van der Waals surface area contributed by atoms with Crippen molar-refractivity contribution in [2.75, 3.05) is 6.54 Å². The normalized spacial score (nSPS) is 13.9. The summed E-state index contributed by atoms with van der Waals surface area (Å²) in [6.45, 7) is 3.54. The number of aromatic nitrogens is 4. The molecule has 0 saturated carbocycles. The molecule has 23 heavy (non-hydrogen) atoms. The van der Waals surface area contributed by atoms with Crippen molar-refractivity contribution < 1.29 is 9.32 Å². The molecule has 0 atom stereocenters. The first-order chi connectivity index (χ1) is 11.2. The molecule has 0 unspecified atom stereocenters. The zero-order valence-electron chi connectivity index (χ0n) is 12.6. The number of carbonyl (C=O) groups excluding carboxylic acids is 1. The van der Waals surface area contributed by atoms with Crippen molar-refractivity contribution >= 4 is 5.91 Å². The lowest BCUT2D eigenvalue weighted by molar-refractivity contribution is 0.0697. The molecule has 3 aromatic rings. The van der Waals surface area contributed by atoms with E-state index >= 15 is 0 Å². The second kappa shape index (κ2) is 5.35. The predicted octanol–water partition coefficient (Wildman–Crippen LogP) is 1.90.